The average molecular weight is 529 g/mol. The van der Waals surface area contributed by atoms with Crippen molar-refractivity contribution in [1.82, 2.24) is 19.6 Å². The van der Waals surface area contributed by atoms with Crippen LogP contribution in [0.15, 0.2) is 65.3 Å². The van der Waals surface area contributed by atoms with Gasteiger partial charge in [0.05, 0.1) is 32.9 Å². The Balaban J connectivity index is 1.32. The van der Waals surface area contributed by atoms with E-state index in [1.807, 2.05) is 61.8 Å². The van der Waals surface area contributed by atoms with Crippen LogP contribution >= 0.6 is 11.3 Å². The van der Waals surface area contributed by atoms with Crippen LogP contribution in [0.3, 0.4) is 0 Å². The predicted molar refractivity (Wildman–Crippen MR) is 144 cm³/mol. The van der Waals surface area contributed by atoms with Crippen molar-refractivity contribution >= 4 is 27.3 Å². The van der Waals surface area contributed by atoms with Gasteiger partial charge in [0.1, 0.15) is 35.1 Å². The second-order valence-corrected chi connectivity index (χ2v) is 9.54. The molecule has 0 spiro atoms. The Hall–Kier alpha value is -4.57. The van der Waals surface area contributed by atoms with Crippen molar-refractivity contribution in [2.24, 2.45) is 0 Å². The smallest absolute Gasteiger partial charge is 0.294 e. The summed E-state index contributed by atoms with van der Waals surface area (Å²) in [7, 11) is 4.85. The summed E-state index contributed by atoms with van der Waals surface area (Å²) in [6.07, 6.45) is 3.67. The Morgan fingerprint density at radius 3 is 2.50 bits per heavy atom. The van der Waals surface area contributed by atoms with E-state index in [-0.39, 0.29) is 0 Å². The molecule has 0 fully saturated rings. The zero-order chi connectivity index (χ0) is 26.2. The quantitative estimate of drug-likeness (QED) is 0.231. The molecule has 0 aliphatic heterocycles. The maximum Gasteiger partial charge on any atom is 0.294 e. The number of pyridine rings is 1. The minimum atomic E-state index is 0.316. The number of nitrogens with zero attached hydrogens (tertiary/aromatic N) is 4. The molecular formula is C28H24N4O5S. The third-order valence-electron chi connectivity index (χ3n) is 6.10. The molecule has 0 amide bonds. The molecule has 0 radical (unpaired) electrons. The number of methoxy groups -OCH3 is 3. The number of benzene rings is 2. The van der Waals surface area contributed by atoms with E-state index in [9.17, 15) is 0 Å². The monoisotopic (exact) mass is 528 g/mol. The van der Waals surface area contributed by atoms with Gasteiger partial charge in [0, 0.05) is 29.6 Å². The largest absolute Gasteiger partial charge is 0.497 e. The Bertz CT molecular complexity index is 1720. The lowest BCUT2D eigenvalue weighted by atomic mass is 10.0. The second-order valence-electron chi connectivity index (χ2n) is 8.62. The number of rotatable bonds is 8. The maximum atomic E-state index is 6.32. The summed E-state index contributed by atoms with van der Waals surface area (Å²) in [5, 5.41) is 5.69. The standard InChI is InChI=1S/C28H24N4O5S/c1-16-5-6-18(13-29-16)19-7-17(8-20(9-19)33-2)15-36-24-10-21(34-3)11-25-22(24)12-26(37-25)23-14-32-27(30-23)38-28(31-32)35-4/h5-14H,15H2,1-4H3. The first-order valence-electron chi connectivity index (χ1n) is 11.8. The van der Waals surface area contributed by atoms with Crippen molar-refractivity contribution in [2.45, 2.75) is 13.5 Å². The van der Waals surface area contributed by atoms with E-state index >= 15 is 0 Å². The normalized spacial score (nSPS) is 11.3. The van der Waals surface area contributed by atoms with Crippen molar-refractivity contribution in [3.63, 3.8) is 0 Å². The molecule has 4 aromatic heterocycles. The van der Waals surface area contributed by atoms with Gasteiger partial charge in [-0.15, -0.1) is 5.10 Å². The highest BCUT2D eigenvalue weighted by molar-refractivity contribution is 7.18. The van der Waals surface area contributed by atoms with E-state index in [1.165, 1.54) is 11.3 Å². The molecule has 0 aliphatic rings. The Kier molecular flexibility index (Phi) is 6.09. The number of imidazole rings is 1. The van der Waals surface area contributed by atoms with E-state index in [1.54, 1.807) is 25.8 Å². The van der Waals surface area contributed by atoms with Gasteiger partial charge in [0.15, 0.2) is 5.76 Å². The van der Waals surface area contributed by atoms with Crippen LogP contribution in [0.4, 0.5) is 0 Å². The third-order valence-corrected chi connectivity index (χ3v) is 6.99. The summed E-state index contributed by atoms with van der Waals surface area (Å²) in [4.78, 5) is 9.76. The van der Waals surface area contributed by atoms with Crippen molar-refractivity contribution in [2.75, 3.05) is 21.3 Å². The molecule has 0 saturated carbocycles. The average Bonchev–Trinajstić information content (AvgIpc) is 3.64. The molecular weight excluding hydrogens is 504 g/mol. The van der Waals surface area contributed by atoms with Gasteiger partial charge in [0.25, 0.3) is 5.19 Å². The molecule has 10 heteroatoms. The first-order chi connectivity index (χ1) is 18.5. The van der Waals surface area contributed by atoms with Crippen LogP contribution in [0.2, 0.25) is 0 Å². The van der Waals surface area contributed by atoms with Crippen LogP contribution in [0.5, 0.6) is 22.4 Å². The Morgan fingerprint density at radius 1 is 0.921 bits per heavy atom. The topological polar surface area (TPSA) is 93.1 Å². The maximum absolute atomic E-state index is 6.32. The lowest BCUT2D eigenvalue weighted by Crippen LogP contribution is -1.98. The highest BCUT2D eigenvalue weighted by atomic mass is 32.1. The fourth-order valence-corrected chi connectivity index (χ4v) is 4.86. The van der Waals surface area contributed by atoms with E-state index in [0.29, 0.717) is 45.3 Å². The number of hydrogen-bond acceptors (Lipinski definition) is 9. The Morgan fingerprint density at radius 2 is 1.76 bits per heavy atom. The molecule has 0 unspecified atom stereocenters. The molecule has 0 atom stereocenters. The molecule has 38 heavy (non-hydrogen) atoms. The second kappa shape index (κ2) is 9.71. The van der Waals surface area contributed by atoms with Crippen LogP contribution in [-0.2, 0) is 6.61 Å². The molecule has 9 nitrogen and oxygen atoms in total. The minimum absolute atomic E-state index is 0.316. The lowest BCUT2D eigenvalue weighted by Gasteiger charge is -2.12. The minimum Gasteiger partial charge on any atom is -0.497 e. The molecule has 6 rings (SSSR count). The number of aromatic nitrogens is 4. The molecule has 192 valence electrons. The van der Waals surface area contributed by atoms with Crippen molar-refractivity contribution in [3.05, 3.63) is 72.2 Å². The van der Waals surface area contributed by atoms with Gasteiger partial charge in [-0.25, -0.2) is 9.50 Å². The van der Waals surface area contributed by atoms with Gasteiger partial charge in [-0.1, -0.05) is 6.07 Å². The van der Waals surface area contributed by atoms with Gasteiger partial charge in [-0.2, -0.15) is 0 Å². The van der Waals surface area contributed by atoms with E-state index in [2.05, 4.69) is 21.1 Å². The summed E-state index contributed by atoms with van der Waals surface area (Å²) >= 11 is 1.36. The summed E-state index contributed by atoms with van der Waals surface area (Å²) in [5.41, 5.74) is 5.22. The van der Waals surface area contributed by atoms with Crippen molar-refractivity contribution in [1.29, 1.82) is 0 Å². The zero-order valence-corrected chi connectivity index (χ0v) is 22.0. The van der Waals surface area contributed by atoms with E-state index in [4.69, 9.17) is 23.4 Å². The van der Waals surface area contributed by atoms with Crippen LogP contribution in [0.25, 0.3) is 38.5 Å². The van der Waals surface area contributed by atoms with Crippen molar-refractivity contribution < 1.29 is 23.4 Å². The molecule has 2 aromatic carbocycles. The van der Waals surface area contributed by atoms with Gasteiger partial charge >= 0.3 is 0 Å². The molecule has 0 N–H and O–H groups in total. The SMILES string of the molecule is COc1cc(COc2cc(OC)cc3oc(-c4cn5nc(OC)sc5n4)cc23)cc(-c2ccc(C)nc2)c1. The van der Waals surface area contributed by atoms with E-state index < -0.39 is 0 Å². The van der Waals surface area contributed by atoms with Crippen LogP contribution < -0.4 is 18.9 Å². The van der Waals surface area contributed by atoms with Gasteiger partial charge in [0.2, 0.25) is 4.96 Å². The van der Waals surface area contributed by atoms with Crippen LogP contribution in [0.1, 0.15) is 11.3 Å². The third kappa shape index (κ3) is 4.50. The summed E-state index contributed by atoms with van der Waals surface area (Å²) in [6.45, 7) is 2.28. The highest BCUT2D eigenvalue weighted by Crippen LogP contribution is 2.38. The molecule has 6 aromatic rings. The number of hydrogen-bond donors (Lipinski definition) is 0. The first-order valence-corrected chi connectivity index (χ1v) is 12.6. The predicted octanol–water partition coefficient (Wildman–Crippen LogP) is 6.18. The molecule has 0 aliphatic carbocycles. The lowest BCUT2D eigenvalue weighted by molar-refractivity contribution is 0.306. The Labute approximate surface area is 222 Å². The number of furan rings is 1. The van der Waals surface area contributed by atoms with Gasteiger partial charge in [-0.3, -0.25) is 4.98 Å². The number of fused-ring (bicyclic) bond motifs is 2. The summed E-state index contributed by atoms with van der Waals surface area (Å²) < 4.78 is 30.4. The summed E-state index contributed by atoms with van der Waals surface area (Å²) in [5.74, 6) is 2.61. The van der Waals surface area contributed by atoms with Crippen LogP contribution in [-0.4, -0.2) is 40.9 Å². The fourth-order valence-electron chi connectivity index (χ4n) is 4.16. The first kappa shape index (κ1) is 23.8. The van der Waals surface area contributed by atoms with E-state index in [0.717, 1.165) is 33.5 Å². The molecule has 0 saturated heterocycles. The molecule has 0 bridgehead atoms. The van der Waals surface area contributed by atoms with Crippen LogP contribution in [0, 0.1) is 6.92 Å². The van der Waals surface area contributed by atoms with Crippen molar-refractivity contribution in [3.8, 4) is 45.0 Å². The summed E-state index contributed by atoms with van der Waals surface area (Å²) in [6, 6.07) is 15.7. The number of ether oxygens (including phenoxy) is 4. The molecule has 4 heterocycles. The number of aryl methyl sites for hydroxylation is 1. The fraction of sp³-hybridized carbons (Fsp3) is 0.179. The highest BCUT2D eigenvalue weighted by Gasteiger charge is 2.17. The van der Waals surface area contributed by atoms with Gasteiger partial charge in [-0.05, 0) is 59.7 Å². The zero-order valence-electron chi connectivity index (χ0n) is 21.2. The van der Waals surface area contributed by atoms with Gasteiger partial charge < -0.3 is 23.4 Å².